The van der Waals surface area contributed by atoms with Gasteiger partial charge in [-0.1, -0.05) is 29.8 Å². The molecule has 3 aliphatic heterocycles. The normalized spacial score (nSPS) is 25.8. The summed E-state index contributed by atoms with van der Waals surface area (Å²) in [7, 11) is 0. The Morgan fingerprint density at radius 2 is 1.82 bits per heavy atom. The predicted molar refractivity (Wildman–Crippen MR) is 111 cm³/mol. The Labute approximate surface area is 173 Å². The maximum Gasteiger partial charge on any atom is 0.245 e. The minimum atomic E-state index is -0.291. The van der Waals surface area contributed by atoms with Crippen molar-refractivity contribution in [1.82, 2.24) is 20.0 Å². The van der Waals surface area contributed by atoms with Crippen molar-refractivity contribution in [2.24, 2.45) is 0 Å². The van der Waals surface area contributed by atoms with Gasteiger partial charge in [-0.15, -0.1) is 12.4 Å². The van der Waals surface area contributed by atoms with E-state index < -0.39 is 0 Å². The standard InChI is InChI=1S/C21H30N4O2.ClH/c1-16-2-4-17(5-3-16)14-25-19(6-7-20(25)26)21(27)24-11-8-18(15-24)23-12-9-22-10-13-23;/h2-5,18-19,22H,6-15H2,1H3;1H. The fraction of sp³-hybridized carbons (Fsp3) is 0.619. The lowest BCUT2D eigenvalue weighted by Gasteiger charge is -2.33. The highest BCUT2D eigenvalue weighted by Gasteiger charge is 2.40. The van der Waals surface area contributed by atoms with Crippen LogP contribution in [-0.2, 0) is 16.1 Å². The molecule has 3 saturated heterocycles. The van der Waals surface area contributed by atoms with E-state index in [1.54, 1.807) is 4.90 Å². The number of hydrogen-bond donors (Lipinski definition) is 1. The number of carbonyl (C=O) groups is 2. The van der Waals surface area contributed by atoms with Crippen molar-refractivity contribution in [2.75, 3.05) is 39.3 Å². The number of carbonyl (C=O) groups excluding carboxylic acids is 2. The monoisotopic (exact) mass is 406 g/mol. The van der Waals surface area contributed by atoms with E-state index in [0.29, 0.717) is 25.4 Å². The number of aryl methyl sites for hydroxylation is 1. The molecule has 1 aromatic carbocycles. The van der Waals surface area contributed by atoms with Crippen LogP contribution in [0.3, 0.4) is 0 Å². The molecule has 0 saturated carbocycles. The van der Waals surface area contributed by atoms with Gasteiger partial charge in [-0.05, 0) is 25.3 Å². The fourth-order valence-corrected chi connectivity index (χ4v) is 4.58. The largest absolute Gasteiger partial charge is 0.339 e. The number of benzene rings is 1. The second-order valence-electron chi connectivity index (χ2n) is 8.07. The molecular formula is C21H31ClN4O2. The van der Waals surface area contributed by atoms with Crippen molar-refractivity contribution in [3.8, 4) is 0 Å². The average Bonchev–Trinajstić information content (AvgIpc) is 3.32. The van der Waals surface area contributed by atoms with E-state index >= 15 is 0 Å². The summed E-state index contributed by atoms with van der Waals surface area (Å²) in [6.07, 6.45) is 2.18. The average molecular weight is 407 g/mol. The van der Waals surface area contributed by atoms with E-state index in [2.05, 4.69) is 41.4 Å². The molecule has 2 unspecified atom stereocenters. The van der Waals surface area contributed by atoms with Gasteiger partial charge < -0.3 is 15.1 Å². The highest BCUT2D eigenvalue weighted by atomic mass is 35.5. The van der Waals surface area contributed by atoms with Crippen LogP contribution in [0.15, 0.2) is 24.3 Å². The van der Waals surface area contributed by atoms with Crippen LogP contribution in [0.5, 0.6) is 0 Å². The smallest absolute Gasteiger partial charge is 0.245 e. The van der Waals surface area contributed by atoms with Gasteiger partial charge in [-0.2, -0.15) is 0 Å². The first-order valence-electron chi connectivity index (χ1n) is 10.2. The number of nitrogens with one attached hydrogen (secondary N) is 1. The molecule has 6 nitrogen and oxygen atoms in total. The van der Waals surface area contributed by atoms with Crippen LogP contribution in [-0.4, -0.2) is 77.9 Å². The maximum absolute atomic E-state index is 13.2. The van der Waals surface area contributed by atoms with E-state index in [1.165, 1.54) is 5.56 Å². The van der Waals surface area contributed by atoms with Gasteiger partial charge in [0.1, 0.15) is 6.04 Å². The molecule has 0 aromatic heterocycles. The Morgan fingerprint density at radius 3 is 2.54 bits per heavy atom. The molecule has 0 aliphatic carbocycles. The summed E-state index contributed by atoms with van der Waals surface area (Å²) in [5.41, 5.74) is 2.30. The zero-order chi connectivity index (χ0) is 18.8. The van der Waals surface area contributed by atoms with Crippen molar-refractivity contribution in [2.45, 2.75) is 44.8 Å². The molecule has 154 valence electrons. The number of hydrogen-bond acceptors (Lipinski definition) is 4. The lowest BCUT2D eigenvalue weighted by atomic mass is 10.1. The second-order valence-corrected chi connectivity index (χ2v) is 8.07. The van der Waals surface area contributed by atoms with Crippen LogP contribution in [0, 0.1) is 6.92 Å². The predicted octanol–water partition coefficient (Wildman–Crippen LogP) is 1.41. The number of halogens is 1. The molecule has 7 heteroatoms. The molecule has 1 N–H and O–H groups in total. The van der Waals surface area contributed by atoms with Crippen molar-refractivity contribution in [3.63, 3.8) is 0 Å². The summed E-state index contributed by atoms with van der Waals surface area (Å²) in [5.74, 6) is 0.248. The van der Waals surface area contributed by atoms with Crippen LogP contribution in [0.25, 0.3) is 0 Å². The van der Waals surface area contributed by atoms with Crippen molar-refractivity contribution >= 4 is 24.2 Å². The van der Waals surface area contributed by atoms with Gasteiger partial charge >= 0.3 is 0 Å². The first-order valence-corrected chi connectivity index (χ1v) is 10.2. The maximum atomic E-state index is 13.2. The number of nitrogens with zero attached hydrogens (tertiary/aromatic N) is 3. The SMILES string of the molecule is Cc1ccc(CN2C(=O)CCC2C(=O)N2CCC(N3CCNCC3)C2)cc1.Cl. The van der Waals surface area contributed by atoms with Crippen molar-refractivity contribution in [3.05, 3.63) is 35.4 Å². The molecule has 2 atom stereocenters. The van der Waals surface area contributed by atoms with Gasteiger partial charge in [-0.25, -0.2) is 0 Å². The molecule has 2 amide bonds. The first-order chi connectivity index (χ1) is 13.1. The van der Waals surface area contributed by atoms with Crippen LogP contribution < -0.4 is 5.32 Å². The number of likely N-dealkylation sites (tertiary alicyclic amines) is 2. The summed E-state index contributed by atoms with van der Waals surface area (Å²) in [6, 6.07) is 8.41. The Kier molecular flexibility index (Phi) is 6.96. The summed E-state index contributed by atoms with van der Waals surface area (Å²) in [4.78, 5) is 31.9. The quantitative estimate of drug-likeness (QED) is 0.821. The highest BCUT2D eigenvalue weighted by molar-refractivity contribution is 5.91. The third kappa shape index (κ3) is 4.50. The number of piperazine rings is 1. The number of rotatable bonds is 4. The molecule has 1 aromatic rings. The van der Waals surface area contributed by atoms with Gasteiger partial charge in [0.15, 0.2) is 0 Å². The molecule has 0 spiro atoms. The Hall–Kier alpha value is -1.63. The number of amides is 2. The van der Waals surface area contributed by atoms with E-state index in [4.69, 9.17) is 0 Å². The summed E-state index contributed by atoms with van der Waals surface area (Å²) < 4.78 is 0. The van der Waals surface area contributed by atoms with E-state index in [0.717, 1.165) is 51.3 Å². The van der Waals surface area contributed by atoms with E-state index in [9.17, 15) is 9.59 Å². The van der Waals surface area contributed by atoms with Gasteiger partial charge in [0.05, 0.1) is 0 Å². The van der Waals surface area contributed by atoms with Gasteiger partial charge in [0.25, 0.3) is 0 Å². The summed E-state index contributed by atoms with van der Waals surface area (Å²) in [5, 5.41) is 3.39. The zero-order valence-corrected chi connectivity index (χ0v) is 17.4. The fourth-order valence-electron chi connectivity index (χ4n) is 4.58. The molecular weight excluding hydrogens is 376 g/mol. The first kappa shape index (κ1) is 21.1. The lowest BCUT2D eigenvalue weighted by Crippen LogP contribution is -2.50. The molecule has 3 heterocycles. The Morgan fingerprint density at radius 1 is 1.11 bits per heavy atom. The van der Waals surface area contributed by atoms with Crippen molar-refractivity contribution < 1.29 is 9.59 Å². The molecule has 3 fully saturated rings. The molecule has 0 bridgehead atoms. The van der Waals surface area contributed by atoms with Crippen molar-refractivity contribution in [1.29, 1.82) is 0 Å². The van der Waals surface area contributed by atoms with E-state index in [1.807, 2.05) is 4.90 Å². The van der Waals surface area contributed by atoms with Gasteiger partial charge in [-0.3, -0.25) is 14.5 Å². The lowest BCUT2D eigenvalue weighted by molar-refractivity contribution is -0.141. The highest BCUT2D eigenvalue weighted by Crippen LogP contribution is 2.26. The van der Waals surface area contributed by atoms with Crippen LogP contribution in [0.4, 0.5) is 0 Å². The van der Waals surface area contributed by atoms with Crippen LogP contribution in [0.2, 0.25) is 0 Å². The Bertz CT molecular complexity index is 690. The third-order valence-corrected chi connectivity index (χ3v) is 6.23. The molecule has 3 aliphatic rings. The summed E-state index contributed by atoms with van der Waals surface area (Å²) >= 11 is 0. The topological polar surface area (TPSA) is 55.9 Å². The minimum absolute atomic E-state index is 0. The van der Waals surface area contributed by atoms with Gasteiger partial charge in [0, 0.05) is 58.3 Å². The van der Waals surface area contributed by atoms with E-state index in [-0.39, 0.29) is 30.3 Å². The third-order valence-electron chi connectivity index (χ3n) is 6.23. The van der Waals surface area contributed by atoms with Crippen LogP contribution in [0.1, 0.15) is 30.4 Å². The Balaban J connectivity index is 0.00000225. The van der Waals surface area contributed by atoms with Crippen LogP contribution >= 0.6 is 12.4 Å². The summed E-state index contributed by atoms with van der Waals surface area (Å²) in [6.45, 7) is 8.41. The molecule has 28 heavy (non-hydrogen) atoms. The second kappa shape index (κ2) is 9.25. The molecule has 0 radical (unpaired) electrons. The molecule has 4 rings (SSSR count). The minimum Gasteiger partial charge on any atom is -0.339 e. The zero-order valence-electron chi connectivity index (χ0n) is 16.6. The van der Waals surface area contributed by atoms with Gasteiger partial charge in [0.2, 0.25) is 11.8 Å².